The Kier molecular flexibility index (Phi) is 2.40. The van der Waals surface area contributed by atoms with Crippen molar-refractivity contribution in [1.29, 1.82) is 0 Å². The molecule has 1 aliphatic heterocycles. The standard InChI is InChI=1S/C6H6N2O5/c9-4(10)1-3-2-8(13)6(12)7-5(3)11/h2,8H,1H2,(H,9,10)(H,7,11,12). The van der Waals surface area contributed by atoms with E-state index in [2.05, 4.69) is 0 Å². The van der Waals surface area contributed by atoms with E-state index in [-0.39, 0.29) is 5.57 Å². The molecule has 70 valence electrons. The van der Waals surface area contributed by atoms with Crippen LogP contribution in [0.15, 0.2) is 11.8 Å². The van der Waals surface area contributed by atoms with Gasteiger partial charge in [0, 0.05) is 0 Å². The van der Waals surface area contributed by atoms with Gasteiger partial charge in [0.15, 0.2) is 0 Å². The molecule has 1 unspecified atom stereocenters. The maximum absolute atomic E-state index is 10.9. The lowest BCUT2D eigenvalue weighted by atomic mass is 10.2. The summed E-state index contributed by atoms with van der Waals surface area (Å²) in [5.74, 6) is -2.06. The predicted octanol–water partition coefficient (Wildman–Crippen LogP) is -2.02. The van der Waals surface area contributed by atoms with Gasteiger partial charge in [0.05, 0.1) is 12.0 Å². The molecule has 0 saturated heterocycles. The van der Waals surface area contributed by atoms with Gasteiger partial charge in [-0.25, -0.2) is 10.1 Å². The molecule has 7 nitrogen and oxygen atoms in total. The third kappa shape index (κ3) is 2.10. The highest BCUT2D eigenvalue weighted by Gasteiger charge is 2.26. The zero-order valence-electron chi connectivity index (χ0n) is 6.36. The molecule has 0 aromatic heterocycles. The normalized spacial score (nSPS) is 22.2. The van der Waals surface area contributed by atoms with Crippen LogP contribution in [0.25, 0.3) is 0 Å². The Morgan fingerprint density at radius 1 is 1.62 bits per heavy atom. The number of carboxylic acid groups (broad SMARTS) is 1. The molecular formula is C6H6N2O5. The number of hydrogen-bond acceptors (Lipinski definition) is 4. The molecule has 0 radical (unpaired) electrons. The SMILES string of the molecule is O=C(O)CC1=C[NH+]([O-])C(=O)NC1=O. The summed E-state index contributed by atoms with van der Waals surface area (Å²) in [6.45, 7) is 0. The Morgan fingerprint density at radius 2 is 2.23 bits per heavy atom. The number of hydroxylamine groups is 2. The number of carbonyl (C=O) groups excluding carboxylic acids is 2. The van der Waals surface area contributed by atoms with Crippen molar-refractivity contribution in [3.8, 4) is 0 Å². The molecule has 1 heterocycles. The maximum atomic E-state index is 10.9. The fourth-order valence-corrected chi connectivity index (χ4v) is 0.829. The minimum absolute atomic E-state index is 0.211. The number of carboxylic acids is 1. The Hall–Kier alpha value is -1.73. The van der Waals surface area contributed by atoms with E-state index in [1.807, 2.05) is 0 Å². The van der Waals surface area contributed by atoms with Crippen LogP contribution in [0.3, 0.4) is 0 Å². The van der Waals surface area contributed by atoms with Crippen molar-refractivity contribution < 1.29 is 24.6 Å². The largest absolute Gasteiger partial charge is 0.620 e. The first-order valence-corrected chi connectivity index (χ1v) is 3.32. The molecule has 0 bridgehead atoms. The summed E-state index contributed by atoms with van der Waals surface area (Å²) in [7, 11) is 0. The minimum atomic E-state index is -1.23. The average molecular weight is 186 g/mol. The third-order valence-corrected chi connectivity index (χ3v) is 1.39. The van der Waals surface area contributed by atoms with E-state index in [4.69, 9.17) is 5.11 Å². The summed E-state index contributed by atoms with van der Waals surface area (Å²) in [5.41, 5.74) is -0.211. The van der Waals surface area contributed by atoms with Gasteiger partial charge in [0.2, 0.25) is 0 Å². The summed E-state index contributed by atoms with van der Waals surface area (Å²) in [5, 5.41) is 19.8. The summed E-state index contributed by atoms with van der Waals surface area (Å²) >= 11 is 0. The molecule has 1 rings (SSSR count). The zero-order valence-corrected chi connectivity index (χ0v) is 6.36. The van der Waals surface area contributed by atoms with Crippen molar-refractivity contribution in [2.24, 2.45) is 0 Å². The molecule has 3 N–H and O–H groups in total. The second kappa shape index (κ2) is 3.33. The second-order valence-electron chi connectivity index (χ2n) is 2.39. The number of hydrogen-bond donors (Lipinski definition) is 3. The van der Waals surface area contributed by atoms with Crippen LogP contribution in [0, 0.1) is 5.21 Å². The van der Waals surface area contributed by atoms with Crippen LogP contribution in [0.2, 0.25) is 0 Å². The molecule has 0 fully saturated rings. The van der Waals surface area contributed by atoms with Gasteiger partial charge in [0.1, 0.15) is 6.20 Å². The van der Waals surface area contributed by atoms with Crippen molar-refractivity contribution in [2.75, 3.05) is 0 Å². The lowest BCUT2D eigenvalue weighted by Crippen LogP contribution is -3.08. The summed E-state index contributed by atoms with van der Waals surface area (Å²) in [4.78, 5) is 31.6. The van der Waals surface area contributed by atoms with Gasteiger partial charge in [0.25, 0.3) is 5.91 Å². The van der Waals surface area contributed by atoms with E-state index in [0.717, 1.165) is 6.20 Å². The zero-order chi connectivity index (χ0) is 10.0. The molecule has 1 aliphatic rings. The average Bonchev–Trinajstić information content (AvgIpc) is 1.99. The van der Waals surface area contributed by atoms with E-state index in [1.54, 1.807) is 5.32 Å². The minimum Gasteiger partial charge on any atom is -0.620 e. The predicted molar refractivity (Wildman–Crippen MR) is 38.2 cm³/mol. The topological polar surface area (TPSA) is 111 Å². The number of carbonyl (C=O) groups is 3. The van der Waals surface area contributed by atoms with Crippen LogP contribution < -0.4 is 10.4 Å². The second-order valence-corrected chi connectivity index (χ2v) is 2.39. The lowest BCUT2D eigenvalue weighted by Gasteiger charge is -2.20. The first-order valence-electron chi connectivity index (χ1n) is 3.32. The van der Waals surface area contributed by atoms with Gasteiger partial charge in [-0.05, 0) is 0 Å². The first kappa shape index (κ1) is 9.36. The van der Waals surface area contributed by atoms with Crippen LogP contribution >= 0.6 is 0 Å². The molecular weight excluding hydrogens is 180 g/mol. The van der Waals surface area contributed by atoms with Gasteiger partial charge in [-0.1, -0.05) is 0 Å². The monoisotopic (exact) mass is 186 g/mol. The molecule has 0 aromatic carbocycles. The van der Waals surface area contributed by atoms with Gasteiger partial charge in [-0.2, -0.15) is 0 Å². The number of amides is 3. The number of quaternary nitrogens is 1. The fourth-order valence-electron chi connectivity index (χ4n) is 0.829. The smallest absolute Gasteiger partial charge is 0.426 e. The maximum Gasteiger partial charge on any atom is 0.426 e. The molecule has 1 atom stereocenters. The summed E-state index contributed by atoms with van der Waals surface area (Å²) < 4.78 is 0. The molecule has 0 spiro atoms. The highest BCUT2D eigenvalue weighted by atomic mass is 16.5. The highest BCUT2D eigenvalue weighted by molar-refractivity contribution is 6.05. The lowest BCUT2D eigenvalue weighted by molar-refractivity contribution is -0.698. The van der Waals surface area contributed by atoms with Crippen LogP contribution in [-0.2, 0) is 9.59 Å². The van der Waals surface area contributed by atoms with Crippen molar-refractivity contribution in [3.63, 3.8) is 0 Å². The summed E-state index contributed by atoms with van der Waals surface area (Å²) in [6, 6.07) is -1.03. The van der Waals surface area contributed by atoms with Crippen molar-refractivity contribution >= 4 is 17.9 Å². The Labute approximate surface area is 72.2 Å². The van der Waals surface area contributed by atoms with Gasteiger partial charge >= 0.3 is 12.0 Å². The molecule has 0 aliphatic carbocycles. The molecule has 0 saturated carbocycles. The number of rotatable bonds is 2. The molecule has 0 aromatic rings. The van der Waals surface area contributed by atoms with Gasteiger partial charge < -0.3 is 10.3 Å². The van der Waals surface area contributed by atoms with E-state index in [1.165, 1.54) is 0 Å². The van der Waals surface area contributed by atoms with Crippen LogP contribution in [0.5, 0.6) is 0 Å². The Balaban J connectivity index is 2.83. The Bertz CT molecular complexity index is 308. The van der Waals surface area contributed by atoms with Crippen LogP contribution in [-0.4, -0.2) is 23.0 Å². The first-order chi connectivity index (χ1) is 6.00. The Morgan fingerprint density at radius 3 is 2.77 bits per heavy atom. The van der Waals surface area contributed by atoms with Crippen molar-refractivity contribution in [3.05, 3.63) is 17.0 Å². The van der Waals surface area contributed by atoms with Crippen molar-refractivity contribution in [1.82, 2.24) is 5.32 Å². The van der Waals surface area contributed by atoms with E-state index < -0.39 is 29.4 Å². The number of urea groups is 1. The number of aliphatic carboxylic acids is 1. The molecule has 7 heteroatoms. The highest BCUT2D eigenvalue weighted by Crippen LogP contribution is 2.00. The van der Waals surface area contributed by atoms with Crippen LogP contribution in [0.4, 0.5) is 4.79 Å². The van der Waals surface area contributed by atoms with Crippen molar-refractivity contribution in [2.45, 2.75) is 6.42 Å². The van der Waals surface area contributed by atoms with E-state index in [9.17, 15) is 19.6 Å². The van der Waals surface area contributed by atoms with Gasteiger partial charge in [-0.15, -0.1) is 0 Å². The fraction of sp³-hybridized carbons (Fsp3) is 0.167. The van der Waals surface area contributed by atoms with E-state index >= 15 is 0 Å². The molecule has 13 heavy (non-hydrogen) atoms. The van der Waals surface area contributed by atoms with Gasteiger partial charge in [-0.3, -0.25) is 14.7 Å². The number of imide groups is 1. The molecule has 3 amide bonds. The quantitative estimate of drug-likeness (QED) is 0.431. The number of nitrogens with one attached hydrogen (secondary N) is 2. The summed E-state index contributed by atoms with van der Waals surface area (Å²) in [6.07, 6.45) is 0.181. The van der Waals surface area contributed by atoms with Crippen LogP contribution in [0.1, 0.15) is 6.42 Å². The van der Waals surface area contributed by atoms with E-state index in [0.29, 0.717) is 0 Å². The third-order valence-electron chi connectivity index (χ3n) is 1.39.